The molecular weight excluding hydrogens is 184 g/mol. The molecule has 1 fully saturated rings. The molecule has 0 aromatic heterocycles. The van der Waals surface area contributed by atoms with E-state index in [1.54, 1.807) is 0 Å². The molecule has 0 unspecified atom stereocenters. The van der Waals surface area contributed by atoms with E-state index in [4.69, 9.17) is 0 Å². The van der Waals surface area contributed by atoms with Crippen LogP contribution in [0.4, 0.5) is 0 Å². The molecule has 0 atom stereocenters. The molecule has 1 N–H and O–H groups in total. The van der Waals surface area contributed by atoms with Crippen LogP contribution in [-0.2, 0) is 0 Å². The fraction of sp³-hybridized carbons (Fsp3) is 1.00. The van der Waals surface area contributed by atoms with Gasteiger partial charge in [-0.25, -0.2) is 0 Å². The summed E-state index contributed by atoms with van der Waals surface area (Å²) in [5.74, 6) is 0. The molecule has 1 aliphatic rings. The first-order valence-corrected chi connectivity index (χ1v) is 6.33. The Hall–Kier alpha value is -0.0800. The second kappa shape index (κ2) is 4.84. The molecule has 0 spiro atoms. The Morgan fingerprint density at radius 2 is 1.73 bits per heavy atom. The number of hydrogen-bond donors (Lipinski definition) is 1. The van der Waals surface area contributed by atoms with Crippen LogP contribution in [0.3, 0.4) is 0 Å². The van der Waals surface area contributed by atoms with Crippen LogP contribution >= 0.6 is 0 Å². The predicted molar refractivity (Wildman–Crippen MR) is 67.2 cm³/mol. The minimum atomic E-state index is 0.347. The molecule has 0 radical (unpaired) electrons. The van der Waals surface area contributed by atoms with Gasteiger partial charge in [-0.2, -0.15) is 0 Å². The maximum Gasteiger partial charge on any atom is 0.0125 e. The van der Waals surface area contributed by atoms with E-state index in [0.717, 1.165) is 0 Å². The van der Waals surface area contributed by atoms with Gasteiger partial charge in [-0.05, 0) is 65.6 Å². The Labute approximate surface area is 95.4 Å². The third-order valence-electron chi connectivity index (χ3n) is 4.07. The topological polar surface area (TPSA) is 15.3 Å². The molecule has 90 valence electrons. The van der Waals surface area contributed by atoms with E-state index in [2.05, 4.69) is 45.0 Å². The van der Waals surface area contributed by atoms with Gasteiger partial charge in [0.15, 0.2) is 0 Å². The van der Waals surface area contributed by atoms with Gasteiger partial charge in [0, 0.05) is 12.1 Å². The monoisotopic (exact) mass is 212 g/mol. The van der Waals surface area contributed by atoms with Gasteiger partial charge in [0.05, 0.1) is 0 Å². The predicted octanol–water partition coefficient (Wildman–Crippen LogP) is 2.50. The van der Waals surface area contributed by atoms with E-state index in [1.165, 1.54) is 38.9 Å². The standard InChI is InChI=1S/C13H28N2/c1-6-13(11-14-5)7-9-15(10-8-13)12(2,3)4/h14H,6-11H2,1-5H3. The van der Waals surface area contributed by atoms with Crippen molar-refractivity contribution in [2.24, 2.45) is 5.41 Å². The van der Waals surface area contributed by atoms with Crippen molar-refractivity contribution in [1.82, 2.24) is 10.2 Å². The summed E-state index contributed by atoms with van der Waals surface area (Å²) in [7, 11) is 2.08. The Morgan fingerprint density at radius 3 is 2.07 bits per heavy atom. The van der Waals surface area contributed by atoms with Crippen LogP contribution in [-0.4, -0.2) is 37.1 Å². The van der Waals surface area contributed by atoms with Crippen LogP contribution in [0.25, 0.3) is 0 Å². The van der Waals surface area contributed by atoms with E-state index < -0.39 is 0 Å². The Balaban J connectivity index is 2.53. The lowest BCUT2D eigenvalue weighted by Crippen LogP contribution is -2.50. The number of hydrogen-bond acceptors (Lipinski definition) is 2. The van der Waals surface area contributed by atoms with Gasteiger partial charge in [-0.1, -0.05) is 6.92 Å². The number of nitrogens with zero attached hydrogens (tertiary/aromatic N) is 1. The van der Waals surface area contributed by atoms with Gasteiger partial charge in [0.2, 0.25) is 0 Å². The summed E-state index contributed by atoms with van der Waals surface area (Å²) >= 11 is 0. The zero-order chi connectivity index (χ0) is 11.5. The smallest absolute Gasteiger partial charge is 0.0125 e. The van der Waals surface area contributed by atoms with Crippen LogP contribution in [0.5, 0.6) is 0 Å². The summed E-state index contributed by atoms with van der Waals surface area (Å²) in [6.07, 6.45) is 4.01. The highest BCUT2D eigenvalue weighted by molar-refractivity contribution is 4.90. The van der Waals surface area contributed by atoms with Crippen molar-refractivity contribution in [1.29, 1.82) is 0 Å². The molecule has 0 aromatic rings. The maximum absolute atomic E-state index is 3.36. The zero-order valence-electron chi connectivity index (χ0n) is 11.2. The lowest BCUT2D eigenvalue weighted by Gasteiger charge is -2.46. The average Bonchev–Trinajstić information content (AvgIpc) is 2.17. The second-order valence-corrected chi connectivity index (χ2v) is 6.04. The van der Waals surface area contributed by atoms with E-state index in [1.807, 2.05) is 0 Å². The van der Waals surface area contributed by atoms with E-state index >= 15 is 0 Å². The van der Waals surface area contributed by atoms with E-state index in [9.17, 15) is 0 Å². The lowest BCUT2D eigenvalue weighted by molar-refractivity contribution is 0.0410. The van der Waals surface area contributed by atoms with Gasteiger partial charge in [-0.3, -0.25) is 4.90 Å². The normalized spacial score (nSPS) is 23.0. The first-order chi connectivity index (χ1) is 6.93. The molecule has 0 aliphatic carbocycles. The van der Waals surface area contributed by atoms with Crippen LogP contribution < -0.4 is 5.32 Å². The average molecular weight is 212 g/mol. The van der Waals surface area contributed by atoms with Gasteiger partial charge >= 0.3 is 0 Å². The number of nitrogens with one attached hydrogen (secondary N) is 1. The Kier molecular flexibility index (Phi) is 4.19. The minimum Gasteiger partial charge on any atom is -0.319 e. The van der Waals surface area contributed by atoms with Crippen molar-refractivity contribution < 1.29 is 0 Å². The molecule has 15 heavy (non-hydrogen) atoms. The molecule has 1 heterocycles. The van der Waals surface area contributed by atoms with Crippen molar-refractivity contribution >= 4 is 0 Å². The fourth-order valence-electron chi connectivity index (χ4n) is 2.68. The Bertz CT molecular complexity index is 185. The fourth-order valence-corrected chi connectivity index (χ4v) is 2.68. The quantitative estimate of drug-likeness (QED) is 0.773. The van der Waals surface area contributed by atoms with Crippen LogP contribution in [0.1, 0.15) is 47.0 Å². The molecule has 1 saturated heterocycles. The SMILES string of the molecule is CCC1(CNC)CCN(C(C)(C)C)CC1. The second-order valence-electron chi connectivity index (χ2n) is 6.04. The molecule has 0 aromatic carbocycles. The molecule has 2 nitrogen and oxygen atoms in total. The van der Waals surface area contributed by atoms with Gasteiger partial charge in [0.1, 0.15) is 0 Å². The highest BCUT2D eigenvalue weighted by Gasteiger charge is 2.35. The van der Waals surface area contributed by atoms with Gasteiger partial charge in [-0.15, -0.1) is 0 Å². The van der Waals surface area contributed by atoms with E-state index in [-0.39, 0.29) is 0 Å². The Morgan fingerprint density at radius 1 is 1.20 bits per heavy atom. The van der Waals surface area contributed by atoms with Crippen molar-refractivity contribution in [3.8, 4) is 0 Å². The summed E-state index contributed by atoms with van der Waals surface area (Å²) in [6, 6.07) is 0. The van der Waals surface area contributed by atoms with Crippen LogP contribution in [0.15, 0.2) is 0 Å². The number of rotatable bonds is 3. The molecule has 0 bridgehead atoms. The first-order valence-electron chi connectivity index (χ1n) is 6.33. The van der Waals surface area contributed by atoms with Crippen molar-refractivity contribution in [2.45, 2.75) is 52.5 Å². The third-order valence-corrected chi connectivity index (χ3v) is 4.07. The molecular formula is C13H28N2. The number of likely N-dealkylation sites (tertiary alicyclic amines) is 1. The highest BCUT2D eigenvalue weighted by atomic mass is 15.2. The van der Waals surface area contributed by atoms with E-state index in [0.29, 0.717) is 11.0 Å². The van der Waals surface area contributed by atoms with Crippen molar-refractivity contribution in [2.75, 3.05) is 26.7 Å². The summed E-state index contributed by atoms with van der Waals surface area (Å²) in [5, 5.41) is 3.36. The third kappa shape index (κ3) is 3.18. The zero-order valence-corrected chi connectivity index (χ0v) is 11.2. The van der Waals surface area contributed by atoms with Gasteiger partial charge in [0.25, 0.3) is 0 Å². The molecule has 1 rings (SSSR count). The summed E-state index contributed by atoms with van der Waals surface area (Å²) in [4.78, 5) is 2.62. The molecule has 0 saturated carbocycles. The van der Waals surface area contributed by atoms with Crippen molar-refractivity contribution in [3.05, 3.63) is 0 Å². The highest BCUT2D eigenvalue weighted by Crippen LogP contribution is 2.36. The number of piperidine rings is 1. The van der Waals surface area contributed by atoms with Crippen LogP contribution in [0.2, 0.25) is 0 Å². The summed E-state index contributed by atoms with van der Waals surface area (Å²) in [6.45, 7) is 13.0. The largest absolute Gasteiger partial charge is 0.319 e. The lowest BCUT2D eigenvalue weighted by atomic mass is 9.75. The first kappa shape index (κ1) is 13.0. The molecule has 2 heteroatoms. The minimum absolute atomic E-state index is 0.347. The molecule has 1 aliphatic heterocycles. The maximum atomic E-state index is 3.36. The molecule has 0 amide bonds. The summed E-state index contributed by atoms with van der Waals surface area (Å²) in [5.41, 5.74) is 0.913. The summed E-state index contributed by atoms with van der Waals surface area (Å²) < 4.78 is 0. The van der Waals surface area contributed by atoms with Crippen LogP contribution in [0, 0.1) is 5.41 Å². The van der Waals surface area contributed by atoms with Crippen molar-refractivity contribution in [3.63, 3.8) is 0 Å². The van der Waals surface area contributed by atoms with Gasteiger partial charge < -0.3 is 5.32 Å².